The average Bonchev–Trinajstić information content (AvgIpc) is 3.33. The Kier molecular flexibility index (Phi) is 5.44. The lowest BCUT2D eigenvalue weighted by molar-refractivity contribution is -0.132. The van der Waals surface area contributed by atoms with Gasteiger partial charge in [0.1, 0.15) is 23.0 Å². The van der Waals surface area contributed by atoms with Crippen LogP contribution in [-0.2, 0) is 9.59 Å². The summed E-state index contributed by atoms with van der Waals surface area (Å²) < 4.78 is 15.7. The molecule has 1 amide bonds. The number of aromatic nitrogens is 1. The Labute approximate surface area is 184 Å². The maximum Gasteiger partial charge on any atom is 0.301 e. The van der Waals surface area contributed by atoms with Gasteiger partial charge in [0.2, 0.25) is 0 Å². The number of anilines is 1. The summed E-state index contributed by atoms with van der Waals surface area (Å²) in [5.41, 5.74) is 1.70. The summed E-state index contributed by atoms with van der Waals surface area (Å²) in [7, 11) is 3.08. The number of ketones is 1. The van der Waals surface area contributed by atoms with E-state index in [0.717, 1.165) is 5.56 Å². The molecular weight excluding hydrogens is 412 g/mol. The topological polar surface area (TPSA) is 102 Å². The molecule has 0 spiro atoms. The van der Waals surface area contributed by atoms with Crippen LogP contribution in [0.25, 0.3) is 5.76 Å². The van der Waals surface area contributed by atoms with Gasteiger partial charge >= 0.3 is 5.91 Å². The highest BCUT2D eigenvalue weighted by atomic mass is 16.5. The Bertz CT molecular complexity index is 1240. The second-order valence-electron chi connectivity index (χ2n) is 7.43. The van der Waals surface area contributed by atoms with Crippen molar-refractivity contribution in [1.82, 2.24) is 5.16 Å². The highest BCUT2D eigenvalue weighted by Crippen LogP contribution is 2.42. The van der Waals surface area contributed by atoms with Crippen molar-refractivity contribution in [3.05, 3.63) is 76.6 Å². The van der Waals surface area contributed by atoms with Gasteiger partial charge in [-0.3, -0.25) is 14.5 Å². The second kappa shape index (κ2) is 8.22. The normalized spacial score (nSPS) is 17.6. The SMILES string of the molecule is COc1cccc(C2/C(=C(\O)c3ccc(OC)c(C)c3)C(=O)C(=O)N2c2cc(C)on2)c1. The molecule has 0 saturated carbocycles. The van der Waals surface area contributed by atoms with Crippen LogP contribution in [0.1, 0.15) is 28.5 Å². The van der Waals surface area contributed by atoms with Crippen molar-refractivity contribution < 1.29 is 28.7 Å². The fourth-order valence-electron chi connectivity index (χ4n) is 3.84. The molecule has 1 fully saturated rings. The molecule has 1 aliphatic heterocycles. The maximum absolute atomic E-state index is 13.1. The number of carbonyl (C=O) groups excluding carboxylic acids is 2. The number of benzene rings is 2. The van der Waals surface area contributed by atoms with E-state index in [-0.39, 0.29) is 17.2 Å². The molecule has 1 saturated heterocycles. The van der Waals surface area contributed by atoms with Crippen molar-refractivity contribution in [2.75, 3.05) is 19.1 Å². The van der Waals surface area contributed by atoms with Crippen LogP contribution < -0.4 is 14.4 Å². The number of ether oxygens (including phenoxy) is 2. The summed E-state index contributed by atoms with van der Waals surface area (Å²) in [6.07, 6.45) is 0. The first-order valence-corrected chi connectivity index (χ1v) is 9.89. The summed E-state index contributed by atoms with van der Waals surface area (Å²) in [6, 6.07) is 12.6. The number of rotatable bonds is 5. The summed E-state index contributed by atoms with van der Waals surface area (Å²) in [6.45, 7) is 3.51. The third kappa shape index (κ3) is 3.49. The quantitative estimate of drug-likeness (QED) is 0.369. The molecule has 2 aromatic carbocycles. The minimum atomic E-state index is -0.919. The van der Waals surface area contributed by atoms with E-state index in [4.69, 9.17) is 14.0 Å². The van der Waals surface area contributed by atoms with E-state index in [9.17, 15) is 14.7 Å². The van der Waals surface area contributed by atoms with Gasteiger partial charge in [0.15, 0.2) is 5.82 Å². The van der Waals surface area contributed by atoms with Gasteiger partial charge in [-0.2, -0.15) is 0 Å². The van der Waals surface area contributed by atoms with Gasteiger partial charge in [-0.05, 0) is 55.3 Å². The highest BCUT2D eigenvalue weighted by molar-refractivity contribution is 6.51. The molecule has 32 heavy (non-hydrogen) atoms. The molecule has 0 aliphatic carbocycles. The predicted octanol–water partition coefficient (Wildman–Crippen LogP) is 3.93. The molecule has 4 rings (SSSR count). The number of carbonyl (C=O) groups is 2. The number of Topliss-reactive ketones (excluding diaryl/α,β-unsaturated/α-hetero) is 1. The van der Waals surface area contributed by atoms with Crippen LogP contribution >= 0.6 is 0 Å². The molecule has 0 radical (unpaired) electrons. The zero-order valence-electron chi connectivity index (χ0n) is 18.1. The molecule has 0 bridgehead atoms. The number of hydrogen-bond donors (Lipinski definition) is 1. The van der Waals surface area contributed by atoms with Crippen LogP contribution in [0.2, 0.25) is 0 Å². The summed E-state index contributed by atoms with van der Waals surface area (Å²) in [5.74, 6) is -0.0550. The Morgan fingerprint density at radius 1 is 1.06 bits per heavy atom. The fraction of sp³-hybridized carbons (Fsp3) is 0.208. The summed E-state index contributed by atoms with van der Waals surface area (Å²) in [5, 5.41) is 15.1. The zero-order chi connectivity index (χ0) is 23.0. The van der Waals surface area contributed by atoms with Gasteiger partial charge in [0.05, 0.1) is 25.8 Å². The van der Waals surface area contributed by atoms with Crippen molar-refractivity contribution in [3.63, 3.8) is 0 Å². The van der Waals surface area contributed by atoms with Gasteiger partial charge in [0, 0.05) is 11.6 Å². The molecule has 1 atom stereocenters. The van der Waals surface area contributed by atoms with Gasteiger partial charge in [-0.1, -0.05) is 17.3 Å². The Balaban J connectivity index is 1.94. The van der Waals surface area contributed by atoms with E-state index < -0.39 is 17.7 Å². The van der Waals surface area contributed by atoms with Gasteiger partial charge in [-0.15, -0.1) is 0 Å². The lowest BCUT2D eigenvalue weighted by Gasteiger charge is -2.23. The van der Waals surface area contributed by atoms with E-state index in [0.29, 0.717) is 28.4 Å². The fourth-order valence-corrected chi connectivity index (χ4v) is 3.84. The van der Waals surface area contributed by atoms with Gasteiger partial charge < -0.3 is 19.1 Å². The molecule has 8 nitrogen and oxygen atoms in total. The lowest BCUT2D eigenvalue weighted by atomic mass is 9.94. The van der Waals surface area contributed by atoms with Crippen molar-refractivity contribution >= 4 is 23.3 Å². The van der Waals surface area contributed by atoms with Crippen molar-refractivity contribution in [2.24, 2.45) is 0 Å². The monoisotopic (exact) mass is 434 g/mol. The minimum Gasteiger partial charge on any atom is -0.507 e. The molecule has 2 heterocycles. The molecule has 1 unspecified atom stereocenters. The molecule has 1 N–H and O–H groups in total. The van der Waals surface area contributed by atoms with Crippen molar-refractivity contribution in [3.8, 4) is 11.5 Å². The van der Waals surface area contributed by atoms with Crippen LogP contribution in [0.3, 0.4) is 0 Å². The Morgan fingerprint density at radius 2 is 1.84 bits per heavy atom. The van der Waals surface area contributed by atoms with E-state index in [1.54, 1.807) is 62.6 Å². The van der Waals surface area contributed by atoms with E-state index in [1.165, 1.54) is 12.0 Å². The van der Waals surface area contributed by atoms with E-state index in [1.807, 2.05) is 6.92 Å². The molecule has 8 heteroatoms. The van der Waals surface area contributed by atoms with Crippen molar-refractivity contribution in [1.29, 1.82) is 0 Å². The summed E-state index contributed by atoms with van der Waals surface area (Å²) >= 11 is 0. The summed E-state index contributed by atoms with van der Waals surface area (Å²) in [4.78, 5) is 27.4. The van der Waals surface area contributed by atoms with Crippen LogP contribution in [0, 0.1) is 13.8 Å². The van der Waals surface area contributed by atoms with Gasteiger partial charge in [-0.25, -0.2) is 0 Å². The van der Waals surface area contributed by atoms with Crippen LogP contribution in [0.15, 0.2) is 58.6 Å². The number of nitrogens with zero attached hydrogens (tertiary/aromatic N) is 2. The predicted molar refractivity (Wildman–Crippen MR) is 117 cm³/mol. The molecule has 1 aliphatic rings. The largest absolute Gasteiger partial charge is 0.507 e. The molecule has 1 aromatic heterocycles. The number of aryl methyl sites for hydroxylation is 2. The second-order valence-corrected chi connectivity index (χ2v) is 7.43. The zero-order valence-corrected chi connectivity index (χ0v) is 18.1. The van der Waals surface area contributed by atoms with Gasteiger partial charge in [0.25, 0.3) is 5.78 Å². The number of methoxy groups -OCH3 is 2. The van der Waals surface area contributed by atoms with Crippen LogP contribution in [0.5, 0.6) is 11.5 Å². The van der Waals surface area contributed by atoms with E-state index in [2.05, 4.69) is 5.16 Å². The Morgan fingerprint density at radius 3 is 2.47 bits per heavy atom. The standard InChI is InChI=1S/C24H22N2O6/c1-13-10-16(8-9-18(13)31-4)22(27)20-21(15-6-5-7-17(12-15)30-3)26(24(29)23(20)28)19-11-14(2)32-25-19/h5-12,21,27H,1-4H3/b22-20+. The average molecular weight is 434 g/mol. The third-order valence-electron chi connectivity index (χ3n) is 5.38. The first kappa shape index (κ1) is 21.2. The first-order valence-electron chi connectivity index (χ1n) is 9.89. The Hall–Kier alpha value is -4.07. The van der Waals surface area contributed by atoms with Crippen molar-refractivity contribution in [2.45, 2.75) is 19.9 Å². The minimum absolute atomic E-state index is 0.0477. The number of hydrogen-bond acceptors (Lipinski definition) is 7. The molecule has 3 aromatic rings. The maximum atomic E-state index is 13.1. The van der Waals surface area contributed by atoms with Crippen LogP contribution in [-0.4, -0.2) is 36.2 Å². The highest BCUT2D eigenvalue weighted by Gasteiger charge is 2.48. The number of amides is 1. The first-order chi connectivity index (χ1) is 15.3. The molecule has 164 valence electrons. The smallest absolute Gasteiger partial charge is 0.301 e. The number of aliphatic hydroxyl groups is 1. The van der Waals surface area contributed by atoms with Crippen LogP contribution in [0.4, 0.5) is 5.82 Å². The lowest BCUT2D eigenvalue weighted by Crippen LogP contribution is -2.29. The number of aliphatic hydroxyl groups excluding tert-OH is 1. The van der Waals surface area contributed by atoms with E-state index >= 15 is 0 Å². The third-order valence-corrected chi connectivity index (χ3v) is 5.38. The molecular formula is C24H22N2O6.